The number of benzene rings is 1. The van der Waals surface area contributed by atoms with Gasteiger partial charge in [0.2, 0.25) is 0 Å². The van der Waals surface area contributed by atoms with Crippen molar-refractivity contribution in [1.29, 1.82) is 0 Å². The summed E-state index contributed by atoms with van der Waals surface area (Å²) in [4.78, 5) is 18.3. The third-order valence-corrected chi connectivity index (χ3v) is 2.21. The van der Waals surface area contributed by atoms with Crippen molar-refractivity contribution in [2.75, 3.05) is 0 Å². The summed E-state index contributed by atoms with van der Waals surface area (Å²) >= 11 is 0. The highest BCUT2D eigenvalue weighted by Gasteiger charge is 2.08. The molecule has 0 bridgehead atoms. The second-order valence-corrected chi connectivity index (χ2v) is 3.62. The van der Waals surface area contributed by atoms with Crippen LogP contribution in [-0.4, -0.2) is 21.0 Å². The van der Waals surface area contributed by atoms with Gasteiger partial charge in [-0.3, -0.25) is 0 Å². The molecule has 0 aliphatic heterocycles. The summed E-state index contributed by atoms with van der Waals surface area (Å²) in [7, 11) is 0. The van der Waals surface area contributed by atoms with Gasteiger partial charge in [-0.2, -0.15) is 0 Å². The van der Waals surface area contributed by atoms with Crippen LogP contribution < -0.4 is 0 Å². The van der Waals surface area contributed by atoms with Crippen LogP contribution in [0.25, 0.3) is 0 Å². The summed E-state index contributed by atoms with van der Waals surface area (Å²) in [6.07, 6.45) is 1.36. The van der Waals surface area contributed by atoms with E-state index in [1.807, 2.05) is 0 Å². The van der Waals surface area contributed by atoms with Crippen LogP contribution in [-0.2, 0) is 6.42 Å². The van der Waals surface area contributed by atoms with Crippen LogP contribution in [0.3, 0.4) is 0 Å². The first-order valence-corrected chi connectivity index (χ1v) is 5.05. The molecule has 0 atom stereocenters. The van der Waals surface area contributed by atoms with Crippen LogP contribution in [0.1, 0.15) is 21.9 Å². The van der Waals surface area contributed by atoms with Crippen molar-refractivity contribution in [3.63, 3.8) is 0 Å². The first kappa shape index (κ1) is 12.1. The predicted molar refractivity (Wildman–Crippen MR) is 58.2 cm³/mol. The Morgan fingerprint density at radius 1 is 1.22 bits per heavy atom. The van der Waals surface area contributed by atoms with Crippen LogP contribution >= 0.6 is 0 Å². The maximum atomic E-state index is 13.0. The number of aromatic carboxylic acids is 1. The first-order chi connectivity index (χ1) is 8.54. The Hall–Kier alpha value is -2.37. The number of rotatable bonds is 3. The maximum Gasteiger partial charge on any atom is 0.354 e. The molecular formula is C12H8F2N2O2. The molecule has 6 heteroatoms. The molecule has 0 unspecified atom stereocenters. The molecule has 1 aromatic heterocycles. The molecular weight excluding hydrogens is 242 g/mol. The van der Waals surface area contributed by atoms with E-state index in [1.54, 1.807) is 0 Å². The minimum Gasteiger partial charge on any atom is -0.477 e. The van der Waals surface area contributed by atoms with Crippen molar-refractivity contribution in [2.24, 2.45) is 0 Å². The second-order valence-electron chi connectivity index (χ2n) is 3.62. The van der Waals surface area contributed by atoms with Gasteiger partial charge in [0.25, 0.3) is 0 Å². The number of aromatic nitrogens is 2. The molecule has 0 spiro atoms. The number of hydrogen-bond donors (Lipinski definition) is 1. The van der Waals surface area contributed by atoms with Crippen LogP contribution in [0, 0.1) is 11.6 Å². The number of carboxylic acid groups (broad SMARTS) is 1. The molecule has 1 aromatic carbocycles. The number of hydrogen-bond acceptors (Lipinski definition) is 3. The van der Waals surface area contributed by atoms with E-state index in [0.717, 1.165) is 18.2 Å². The Labute approximate surface area is 101 Å². The first-order valence-electron chi connectivity index (χ1n) is 5.05. The standard InChI is InChI=1S/C12H8F2N2O2/c13-8-3-7(4-9(14)6-8)5-11-15-2-1-10(16-11)12(17)18/h1-4,6H,5H2,(H,17,18). The Morgan fingerprint density at radius 2 is 1.89 bits per heavy atom. The number of nitrogens with zero attached hydrogens (tertiary/aromatic N) is 2. The van der Waals surface area contributed by atoms with Gasteiger partial charge in [0.15, 0.2) is 5.69 Å². The molecule has 4 nitrogen and oxygen atoms in total. The monoisotopic (exact) mass is 250 g/mol. The van der Waals surface area contributed by atoms with Gasteiger partial charge in [0.1, 0.15) is 17.5 Å². The summed E-state index contributed by atoms with van der Waals surface area (Å²) in [6, 6.07) is 4.32. The Morgan fingerprint density at radius 3 is 2.50 bits per heavy atom. The fraction of sp³-hybridized carbons (Fsp3) is 0.0833. The van der Waals surface area contributed by atoms with Gasteiger partial charge in [-0.1, -0.05) is 0 Å². The average molecular weight is 250 g/mol. The van der Waals surface area contributed by atoms with Crippen molar-refractivity contribution in [2.45, 2.75) is 6.42 Å². The lowest BCUT2D eigenvalue weighted by Gasteiger charge is -2.02. The largest absolute Gasteiger partial charge is 0.477 e. The Balaban J connectivity index is 2.28. The van der Waals surface area contributed by atoms with E-state index in [4.69, 9.17) is 5.11 Å². The molecule has 18 heavy (non-hydrogen) atoms. The molecule has 0 aliphatic rings. The lowest BCUT2D eigenvalue weighted by molar-refractivity contribution is 0.0690. The van der Waals surface area contributed by atoms with Crippen LogP contribution in [0.15, 0.2) is 30.5 Å². The van der Waals surface area contributed by atoms with Gasteiger partial charge >= 0.3 is 5.97 Å². The molecule has 2 aromatic rings. The maximum absolute atomic E-state index is 13.0. The molecule has 0 radical (unpaired) electrons. The SMILES string of the molecule is O=C(O)c1ccnc(Cc2cc(F)cc(F)c2)n1. The van der Waals surface area contributed by atoms with E-state index in [1.165, 1.54) is 12.3 Å². The lowest BCUT2D eigenvalue weighted by atomic mass is 10.1. The van der Waals surface area contributed by atoms with E-state index in [9.17, 15) is 13.6 Å². The average Bonchev–Trinajstić information content (AvgIpc) is 2.27. The normalized spacial score (nSPS) is 10.3. The highest BCUT2D eigenvalue weighted by Crippen LogP contribution is 2.11. The van der Waals surface area contributed by atoms with Crippen molar-refractivity contribution in [1.82, 2.24) is 9.97 Å². The minimum atomic E-state index is -1.18. The predicted octanol–water partition coefficient (Wildman–Crippen LogP) is 2.04. The molecule has 0 aliphatic carbocycles. The zero-order valence-electron chi connectivity index (χ0n) is 9.10. The van der Waals surface area contributed by atoms with Gasteiger partial charge in [0, 0.05) is 18.7 Å². The van der Waals surface area contributed by atoms with Crippen molar-refractivity contribution in [3.05, 3.63) is 59.2 Å². The number of carboxylic acids is 1. The van der Waals surface area contributed by atoms with Crippen LogP contribution in [0.4, 0.5) is 8.78 Å². The van der Waals surface area contributed by atoms with Crippen molar-refractivity contribution < 1.29 is 18.7 Å². The molecule has 1 heterocycles. The smallest absolute Gasteiger partial charge is 0.354 e. The fourth-order valence-electron chi connectivity index (χ4n) is 1.50. The fourth-order valence-corrected chi connectivity index (χ4v) is 1.50. The third kappa shape index (κ3) is 2.85. The molecule has 0 saturated heterocycles. The highest BCUT2D eigenvalue weighted by molar-refractivity contribution is 5.85. The Kier molecular flexibility index (Phi) is 3.27. The highest BCUT2D eigenvalue weighted by atomic mass is 19.1. The van der Waals surface area contributed by atoms with Gasteiger partial charge < -0.3 is 5.11 Å². The molecule has 2 rings (SSSR count). The number of halogens is 2. The third-order valence-electron chi connectivity index (χ3n) is 2.21. The van der Waals surface area contributed by atoms with Crippen LogP contribution in [0.5, 0.6) is 0 Å². The Bertz CT molecular complexity index is 582. The molecule has 1 N–H and O–H groups in total. The van der Waals surface area contributed by atoms with Gasteiger partial charge in [-0.05, 0) is 23.8 Å². The zero-order valence-corrected chi connectivity index (χ0v) is 9.10. The minimum absolute atomic E-state index is 0.0653. The molecule has 0 amide bonds. The summed E-state index contributed by atoms with van der Waals surface area (Å²) in [5.41, 5.74) is 0.187. The molecule has 92 valence electrons. The molecule has 0 fully saturated rings. The topological polar surface area (TPSA) is 63.1 Å². The summed E-state index contributed by atoms with van der Waals surface area (Å²) in [6.45, 7) is 0. The van der Waals surface area contributed by atoms with Gasteiger partial charge in [0.05, 0.1) is 0 Å². The van der Waals surface area contributed by atoms with Crippen molar-refractivity contribution in [3.8, 4) is 0 Å². The quantitative estimate of drug-likeness (QED) is 0.905. The van der Waals surface area contributed by atoms with Gasteiger partial charge in [-0.25, -0.2) is 23.5 Å². The van der Waals surface area contributed by atoms with Gasteiger partial charge in [-0.15, -0.1) is 0 Å². The van der Waals surface area contributed by atoms with E-state index >= 15 is 0 Å². The van der Waals surface area contributed by atoms with E-state index in [2.05, 4.69) is 9.97 Å². The summed E-state index contributed by atoms with van der Waals surface area (Å²) in [5, 5.41) is 8.75. The van der Waals surface area contributed by atoms with E-state index < -0.39 is 17.6 Å². The second kappa shape index (κ2) is 4.87. The lowest BCUT2D eigenvalue weighted by Crippen LogP contribution is -2.05. The number of carbonyl (C=O) groups is 1. The van der Waals surface area contributed by atoms with E-state index in [-0.39, 0.29) is 17.9 Å². The molecule has 0 saturated carbocycles. The van der Waals surface area contributed by atoms with E-state index in [0.29, 0.717) is 5.56 Å². The summed E-state index contributed by atoms with van der Waals surface area (Å²) in [5.74, 6) is -2.37. The van der Waals surface area contributed by atoms with Crippen molar-refractivity contribution >= 4 is 5.97 Å². The van der Waals surface area contributed by atoms with Crippen LogP contribution in [0.2, 0.25) is 0 Å². The zero-order chi connectivity index (χ0) is 13.1. The summed E-state index contributed by atoms with van der Waals surface area (Å²) < 4.78 is 25.9.